The van der Waals surface area contributed by atoms with Crippen LogP contribution in [-0.2, 0) is 11.3 Å². The lowest BCUT2D eigenvalue weighted by Crippen LogP contribution is -2.34. The van der Waals surface area contributed by atoms with Crippen LogP contribution >= 0.6 is 23.2 Å². The fourth-order valence-electron chi connectivity index (χ4n) is 1.59. The molecule has 1 aromatic rings. The quantitative estimate of drug-likeness (QED) is 0.752. The lowest BCUT2D eigenvalue weighted by atomic mass is 10.1. The minimum Gasteiger partial charge on any atom is -0.337 e. The predicted molar refractivity (Wildman–Crippen MR) is 72.4 cm³/mol. The van der Waals surface area contributed by atoms with Gasteiger partial charge >= 0.3 is 0 Å². The van der Waals surface area contributed by atoms with Crippen LogP contribution in [0.5, 0.6) is 0 Å². The summed E-state index contributed by atoms with van der Waals surface area (Å²) in [7, 11) is 0. The van der Waals surface area contributed by atoms with Crippen molar-refractivity contribution in [1.82, 2.24) is 4.90 Å². The smallest absolute Gasteiger partial charge is 0.237 e. The van der Waals surface area contributed by atoms with Crippen LogP contribution < -0.4 is 0 Å². The molecule has 4 heteroatoms. The lowest BCUT2D eigenvalue weighted by Gasteiger charge is -2.24. The monoisotopic (exact) mass is 273 g/mol. The fraction of sp³-hybridized carbons (Fsp3) is 0.462. The summed E-state index contributed by atoms with van der Waals surface area (Å²) in [6.07, 6.45) is 0. The highest BCUT2D eigenvalue weighted by molar-refractivity contribution is 6.30. The molecule has 0 aromatic heterocycles. The number of benzene rings is 1. The van der Waals surface area contributed by atoms with E-state index in [2.05, 4.69) is 13.8 Å². The van der Waals surface area contributed by atoms with Gasteiger partial charge in [-0.1, -0.05) is 37.6 Å². The van der Waals surface area contributed by atoms with Gasteiger partial charge in [0.25, 0.3) is 0 Å². The molecule has 0 N–H and O–H groups in total. The van der Waals surface area contributed by atoms with Crippen molar-refractivity contribution in [2.45, 2.75) is 20.4 Å². The van der Waals surface area contributed by atoms with Crippen molar-refractivity contribution in [3.8, 4) is 0 Å². The summed E-state index contributed by atoms with van der Waals surface area (Å²) in [5.74, 6) is 0.421. The molecule has 1 amide bonds. The van der Waals surface area contributed by atoms with Crippen LogP contribution in [0.15, 0.2) is 24.3 Å². The van der Waals surface area contributed by atoms with Gasteiger partial charge in [0.05, 0.1) is 0 Å². The zero-order valence-electron chi connectivity index (χ0n) is 10.1. The number of amides is 1. The van der Waals surface area contributed by atoms with E-state index in [0.717, 1.165) is 5.56 Å². The van der Waals surface area contributed by atoms with Crippen LogP contribution in [0.2, 0.25) is 5.02 Å². The van der Waals surface area contributed by atoms with E-state index in [1.54, 1.807) is 4.90 Å². The van der Waals surface area contributed by atoms with Crippen molar-refractivity contribution in [2.24, 2.45) is 5.92 Å². The molecule has 0 atom stereocenters. The zero-order valence-corrected chi connectivity index (χ0v) is 11.6. The second kappa shape index (κ2) is 6.87. The Bertz CT molecular complexity index is 362. The van der Waals surface area contributed by atoms with Gasteiger partial charge in [0.1, 0.15) is 5.88 Å². The fourth-order valence-corrected chi connectivity index (χ4v) is 1.89. The minimum absolute atomic E-state index is 0.0281. The summed E-state index contributed by atoms with van der Waals surface area (Å²) in [6.45, 7) is 5.46. The molecule has 0 bridgehead atoms. The van der Waals surface area contributed by atoms with Gasteiger partial charge in [-0.2, -0.15) is 0 Å². The van der Waals surface area contributed by atoms with Crippen LogP contribution in [-0.4, -0.2) is 23.2 Å². The predicted octanol–water partition coefficient (Wildman–Crippen LogP) is 3.56. The SMILES string of the molecule is CC(C)CN(Cc1ccc(Cl)cc1)C(=O)CCl. The largest absolute Gasteiger partial charge is 0.337 e. The Hall–Kier alpha value is -0.730. The van der Waals surface area contributed by atoms with E-state index in [1.165, 1.54) is 0 Å². The van der Waals surface area contributed by atoms with E-state index in [1.807, 2.05) is 24.3 Å². The van der Waals surface area contributed by atoms with Crippen molar-refractivity contribution < 1.29 is 4.79 Å². The minimum atomic E-state index is -0.0321. The third-order valence-corrected chi connectivity index (χ3v) is 2.82. The molecule has 94 valence electrons. The maximum Gasteiger partial charge on any atom is 0.237 e. The molecular formula is C13H17Cl2NO. The van der Waals surface area contributed by atoms with Crippen LogP contribution in [0.4, 0.5) is 0 Å². The maximum atomic E-state index is 11.7. The highest BCUT2D eigenvalue weighted by Gasteiger charge is 2.14. The molecule has 0 heterocycles. The van der Waals surface area contributed by atoms with Gasteiger partial charge in [-0.15, -0.1) is 11.6 Å². The molecule has 0 spiro atoms. The van der Waals surface area contributed by atoms with E-state index in [4.69, 9.17) is 23.2 Å². The molecule has 17 heavy (non-hydrogen) atoms. The molecule has 0 saturated heterocycles. The topological polar surface area (TPSA) is 20.3 Å². The van der Waals surface area contributed by atoms with Crippen molar-refractivity contribution in [3.63, 3.8) is 0 Å². The molecule has 0 saturated carbocycles. The Kier molecular flexibility index (Phi) is 5.79. The first-order valence-electron chi connectivity index (χ1n) is 5.61. The standard InChI is InChI=1S/C13H17Cl2NO/c1-10(2)8-16(13(17)7-14)9-11-3-5-12(15)6-4-11/h3-6,10H,7-9H2,1-2H3. The summed E-state index contributed by atoms with van der Waals surface area (Å²) in [6, 6.07) is 7.51. The molecule has 1 aromatic carbocycles. The molecule has 0 radical (unpaired) electrons. The molecule has 0 aliphatic rings. The van der Waals surface area contributed by atoms with Gasteiger partial charge in [-0.05, 0) is 23.6 Å². The van der Waals surface area contributed by atoms with Crippen LogP contribution in [0.25, 0.3) is 0 Å². The first-order valence-corrected chi connectivity index (χ1v) is 6.52. The van der Waals surface area contributed by atoms with Crippen molar-refractivity contribution in [1.29, 1.82) is 0 Å². The number of alkyl halides is 1. The van der Waals surface area contributed by atoms with Gasteiger partial charge < -0.3 is 4.90 Å². The average Bonchev–Trinajstić information content (AvgIpc) is 2.29. The number of nitrogens with zero attached hydrogens (tertiary/aromatic N) is 1. The van der Waals surface area contributed by atoms with Gasteiger partial charge in [0, 0.05) is 18.1 Å². The first-order chi connectivity index (χ1) is 8.02. The van der Waals surface area contributed by atoms with Crippen molar-refractivity contribution >= 4 is 29.1 Å². The second-order valence-corrected chi connectivity index (χ2v) is 5.13. The third-order valence-electron chi connectivity index (χ3n) is 2.34. The Morgan fingerprint density at radius 3 is 2.35 bits per heavy atom. The maximum absolute atomic E-state index is 11.7. The number of rotatable bonds is 5. The third kappa shape index (κ3) is 4.97. The summed E-state index contributed by atoms with van der Waals surface area (Å²) < 4.78 is 0. The number of carbonyl (C=O) groups is 1. The van der Waals surface area contributed by atoms with Gasteiger partial charge in [-0.25, -0.2) is 0 Å². The summed E-state index contributed by atoms with van der Waals surface area (Å²) in [5, 5.41) is 0.702. The van der Waals surface area contributed by atoms with Gasteiger partial charge in [0.15, 0.2) is 0 Å². The summed E-state index contributed by atoms with van der Waals surface area (Å²) >= 11 is 11.4. The molecule has 0 fully saturated rings. The number of hydrogen-bond acceptors (Lipinski definition) is 1. The van der Waals surface area contributed by atoms with Gasteiger partial charge in [-0.3, -0.25) is 4.79 Å². The lowest BCUT2D eigenvalue weighted by molar-refractivity contribution is -0.129. The Balaban J connectivity index is 2.71. The van der Waals surface area contributed by atoms with Crippen molar-refractivity contribution in [2.75, 3.05) is 12.4 Å². The van der Waals surface area contributed by atoms with E-state index in [0.29, 0.717) is 24.0 Å². The highest BCUT2D eigenvalue weighted by Crippen LogP contribution is 2.13. The van der Waals surface area contributed by atoms with E-state index in [9.17, 15) is 4.79 Å². The second-order valence-electron chi connectivity index (χ2n) is 4.43. The van der Waals surface area contributed by atoms with E-state index in [-0.39, 0.29) is 11.8 Å². The Morgan fingerprint density at radius 2 is 1.88 bits per heavy atom. The Labute approximate surface area is 113 Å². The summed E-state index contributed by atoms with van der Waals surface area (Å²) in [5.41, 5.74) is 1.06. The normalized spacial score (nSPS) is 10.6. The van der Waals surface area contributed by atoms with Gasteiger partial charge in [0.2, 0.25) is 5.91 Å². The van der Waals surface area contributed by atoms with Crippen molar-refractivity contribution in [3.05, 3.63) is 34.9 Å². The molecular weight excluding hydrogens is 257 g/mol. The first kappa shape index (κ1) is 14.3. The van der Waals surface area contributed by atoms with Crippen LogP contribution in [0, 0.1) is 5.92 Å². The van der Waals surface area contributed by atoms with E-state index < -0.39 is 0 Å². The molecule has 0 aliphatic heterocycles. The Morgan fingerprint density at radius 1 is 1.29 bits per heavy atom. The molecule has 2 nitrogen and oxygen atoms in total. The molecule has 0 aliphatic carbocycles. The summed E-state index contributed by atoms with van der Waals surface area (Å²) in [4.78, 5) is 13.5. The van der Waals surface area contributed by atoms with Crippen LogP contribution in [0.1, 0.15) is 19.4 Å². The van der Waals surface area contributed by atoms with E-state index >= 15 is 0 Å². The molecule has 1 rings (SSSR count). The number of carbonyl (C=O) groups excluding carboxylic acids is 1. The number of hydrogen-bond donors (Lipinski definition) is 0. The highest BCUT2D eigenvalue weighted by atomic mass is 35.5. The molecule has 0 unspecified atom stereocenters. The number of halogens is 2. The zero-order chi connectivity index (χ0) is 12.8. The van der Waals surface area contributed by atoms with Crippen LogP contribution in [0.3, 0.4) is 0 Å². The average molecular weight is 274 g/mol.